The molecule has 0 unspecified atom stereocenters. The van der Waals surface area contributed by atoms with Gasteiger partial charge < -0.3 is 4.90 Å². The maximum atomic E-state index is 8.22. The summed E-state index contributed by atoms with van der Waals surface area (Å²) in [5.41, 5.74) is 9.51. The van der Waals surface area contributed by atoms with Gasteiger partial charge in [-0.05, 0) is 17.7 Å². The van der Waals surface area contributed by atoms with E-state index in [1.54, 1.807) is 0 Å². The molecule has 5 nitrogen and oxygen atoms in total. The van der Waals surface area contributed by atoms with Crippen molar-refractivity contribution in [1.29, 1.82) is 0 Å². The Hall–Kier alpha value is -1.71. The number of anilines is 1. The summed E-state index contributed by atoms with van der Waals surface area (Å²) in [5.74, 6) is 0. The Balaban J connectivity index is 1.80. The molecule has 5 heteroatoms. The van der Waals surface area contributed by atoms with Crippen molar-refractivity contribution in [2.45, 2.75) is 0 Å². The first-order chi connectivity index (χ1) is 8.40. The Morgan fingerprint density at radius 2 is 1.82 bits per heavy atom. The maximum absolute atomic E-state index is 8.22. The third-order valence-electron chi connectivity index (χ3n) is 3.07. The highest BCUT2D eigenvalue weighted by Crippen LogP contribution is 2.15. The monoisotopic (exact) mass is 231 g/mol. The molecule has 0 bridgehead atoms. The van der Waals surface area contributed by atoms with Crippen molar-refractivity contribution in [2.75, 3.05) is 44.2 Å². The van der Waals surface area contributed by atoms with Crippen LogP contribution in [-0.4, -0.2) is 44.2 Å². The van der Waals surface area contributed by atoms with Gasteiger partial charge in [0.05, 0.1) is 0 Å². The molecule has 1 saturated heterocycles. The molecule has 0 N–H and O–H groups in total. The summed E-state index contributed by atoms with van der Waals surface area (Å²) in [5, 5.41) is 3.57. The number of azide groups is 1. The van der Waals surface area contributed by atoms with Crippen LogP contribution in [0.15, 0.2) is 35.4 Å². The lowest BCUT2D eigenvalue weighted by Crippen LogP contribution is -2.47. The van der Waals surface area contributed by atoms with Crippen LogP contribution < -0.4 is 4.90 Å². The molecule has 1 aromatic carbocycles. The van der Waals surface area contributed by atoms with Gasteiger partial charge in [-0.2, -0.15) is 0 Å². The van der Waals surface area contributed by atoms with Gasteiger partial charge >= 0.3 is 0 Å². The number of piperazine rings is 1. The number of para-hydroxylation sites is 1. The van der Waals surface area contributed by atoms with Gasteiger partial charge in [-0.25, -0.2) is 0 Å². The lowest BCUT2D eigenvalue weighted by molar-refractivity contribution is 0.265. The minimum atomic E-state index is 0.571. The topological polar surface area (TPSA) is 55.2 Å². The summed E-state index contributed by atoms with van der Waals surface area (Å²) in [6.45, 7) is 5.60. The molecule has 0 aromatic heterocycles. The molecule has 1 aliphatic heterocycles. The number of hydrogen-bond acceptors (Lipinski definition) is 3. The Kier molecular flexibility index (Phi) is 4.24. The van der Waals surface area contributed by atoms with Gasteiger partial charge in [-0.15, -0.1) is 0 Å². The van der Waals surface area contributed by atoms with Crippen LogP contribution in [0, 0.1) is 0 Å². The average Bonchev–Trinajstić information content (AvgIpc) is 2.41. The van der Waals surface area contributed by atoms with Crippen LogP contribution in [0.5, 0.6) is 0 Å². The molecular weight excluding hydrogens is 214 g/mol. The molecule has 17 heavy (non-hydrogen) atoms. The van der Waals surface area contributed by atoms with E-state index in [1.807, 2.05) is 6.07 Å². The van der Waals surface area contributed by atoms with E-state index in [9.17, 15) is 0 Å². The van der Waals surface area contributed by atoms with E-state index in [0.29, 0.717) is 6.54 Å². The van der Waals surface area contributed by atoms with E-state index in [-0.39, 0.29) is 0 Å². The molecule has 90 valence electrons. The fourth-order valence-corrected chi connectivity index (χ4v) is 2.10. The van der Waals surface area contributed by atoms with E-state index in [4.69, 9.17) is 5.53 Å². The standard InChI is InChI=1S/C12H17N5/c13-15-14-6-7-16-8-10-17(11-9-16)12-4-2-1-3-5-12/h1-5H,6-11H2. The van der Waals surface area contributed by atoms with E-state index >= 15 is 0 Å². The summed E-state index contributed by atoms with van der Waals surface area (Å²) in [6.07, 6.45) is 0. The highest BCUT2D eigenvalue weighted by molar-refractivity contribution is 5.46. The smallest absolute Gasteiger partial charge is 0.0385 e. The van der Waals surface area contributed by atoms with E-state index < -0.39 is 0 Å². The molecule has 0 aliphatic carbocycles. The minimum absolute atomic E-state index is 0.571. The zero-order valence-corrected chi connectivity index (χ0v) is 9.87. The van der Waals surface area contributed by atoms with Crippen molar-refractivity contribution < 1.29 is 0 Å². The Morgan fingerprint density at radius 3 is 2.47 bits per heavy atom. The molecule has 1 aromatic rings. The predicted molar refractivity (Wildman–Crippen MR) is 69.1 cm³/mol. The summed E-state index contributed by atoms with van der Waals surface area (Å²) in [7, 11) is 0. The minimum Gasteiger partial charge on any atom is -0.369 e. The number of rotatable bonds is 4. The molecular formula is C12H17N5. The van der Waals surface area contributed by atoms with Crippen molar-refractivity contribution in [2.24, 2.45) is 5.11 Å². The molecule has 2 rings (SSSR count). The molecule has 0 atom stereocenters. The highest BCUT2D eigenvalue weighted by atomic mass is 15.3. The van der Waals surface area contributed by atoms with Crippen molar-refractivity contribution >= 4 is 5.69 Å². The molecule has 0 spiro atoms. The second kappa shape index (κ2) is 6.13. The van der Waals surface area contributed by atoms with Crippen molar-refractivity contribution in [3.63, 3.8) is 0 Å². The first-order valence-electron chi connectivity index (χ1n) is 5.93. The third kappa shape index (κ3) is 3.37. The van der Waals surface area contributed by atoms with Gasteiger partial charge in [0.25, 0.3) is 0 Å². The maximum Gasteiger partial charge on any atom is 0.0385 e. The summed E-state index contributed by atoms with van der Waals surface area (Å²) in [6, 6.07) is 10.5. The Morgan fingerprint density at radius 1 is 1.12 bits per heavy atom. The largest absolute Gasteiger partial charge is 0.369 e. The Bertz CT molecular complexity index is 377. The van der Waals surface area contributed by atoms with Crippen LogP contribution in [-0.2, 0) is 0 Å². The van der Waals surface area contributed by atoms with Crippen molar-refractivity contribution in [3.8, 4) is 0 Å². The van der Waals surface area contributed by atoms with Gasteiger partial charge in [0, 0.05) is 49.9 Å². The molecule has 1 aliphatic rings. The van der Waals surface area contributed by atoms with E-state index in [1.165, 1.54) is 5.69 Å². The van der Waals surface area contributed by atoms with Crippen LogP contribution in [0.2, 0.25) is 0 Å². The van der Waals surface area contributed by atoms with Gasteiger partial charge in [0.15, 0.2) is 0 Å². The first kappa shape index (κ1) is 11.8. The second-order valence-corrected chi connectivity index (χ2v) is 4.12. The lowest BCUT2D eigenvalue weighted by atomic mass is 10.2. The van der Waals surface area contributed by atoms with Crippen LogP contribution in [0.1, 0.15) is 0 Å². The number of hydrogen-bond donors (Lipinski definition) is 0. The zero-order valence-electron chi connectivity index (χ0n) is 9.87. The van der Waals surface area contributed by atoms with Crippen molar-refractivity contribution in [3.05, 3.63) is 40.8 Å². The fraction of sp³-hybridized carbons (Fsp3) is 0.500. The molecule has 1 heterocycles. The van der Waals surface area contributed by atoms with Crippen molar-refractivity contribution in [1.82, 2.24) is 4.90 Å². The SMILES string of the molecule is [N-]=[N+]=NCCN1CCN(c2ccccc2)CC1. The first-order valence-corrected chi connectivity index (χ1v) is 5.93. The number of nitrogens with zero attached hydrogens (tertiary/aromatic N) is 5. The quantitative estimate of drug-likeness (QED) is 0.453. The highest BCUT2D eigenvalue weighted by Gasteiger charge is 2.15. The summed E-state index contributed by atoms with van der Waals surface area (Å²) in [4.78, 5) is 7.50. The van der Waals surface area contributed by atoms with Gasteiger partial charge in [0.1, 0.15) is 0 Å². The van der Waals surface area contributed by atoms with E-state index in [2.05, 4.69) is 44.1 Å². The van der Waals surface area contributed by atoms with Crippen LogP contribution in [0.25, 0.3) is 10.4 Å². The lowest BCUT2D eigenvalue weighted by Gasteiger charge is -2.35. The summed E-state index contributed by atoms with van der Waals surface area (Å²) < 4.78 is 0. The second-order valence-electron chi connectivity index (χ2n) is 4.12. The third-order valence-corrected chi connectivity index (χ3v) is 3.07. The molecule has 0 amide bonds. The summed E-state index contributed by atoms with van der Waals surface area (Å²) >= 11 is 0. The zero-order chi connectivity index (χ0) is 11.9. The molecule has 1 fully saturated rings. The fourth-order valence-electron chi connectivity index (χ4n) is 2.10. The van der Waals surface area contributed by atoms with E-state index in [0.717, 1.165) is 32.7 Å². The van der Waals surface area contributed by atoms with Gasteiger partial charge in [0.2, 0.25) is 0 Å². The Labute approximate surface area is 101 Å². The van der Waals surface area contributed by atoms with Crippen LogP contribution >= 0.6 is 0 Å². The number of benzene rings is 1. The van der Waals surface area contributed by atoms with Gasteiger partial charge in [-0.1, -0.05) is 23.3 Å². The molecule has 0 radical (unpaired) electrons. The van der Waals surface area contributed by atoms with Gasteiger partial charge in [-0.3, -0.25) is 4.90 Å². The van der Waals surface area contributed by atoms with Crippen LogP contribution in [0.4, 0.5) is 5.69 Å². The predicted octanol–water partition coefficient (Wildman–Crippen LogP) is 2.12. The average molecular weight is 231 g/mol. The normalized spacial score (nSPS) is 16.6. The molecule has 0 saturated carbocycles. The van der Waals surface area contributed by atoms with Crippen LogP contribution in [0.3, 0.4) is 0 Å².